The Hall–Kier alpha value is -1.85. The van der Waals surface area contributed by atoms with E-state index in [4.69, 9.17) is 9.47 Å². The molecule has 0 aromatic heterocycles. The summed E-state index contributed by atoms with van der Waals surface area (Å²) in [4.78, 5) is 35.1. The van der Waals surface area contributed by atoms with Crippen LogP contribution in [0.25, 0.3) is 0 Å². The van der Waals surface area contributed by atoms with Crippen molar-refractivity contribution in [3.63, 3.8) is 0 Å². The maximum absolute atomic E-state index is 11.9. The van der Waals surface area contributed by atoms with E-state index in [0.29, 0.717) is 12.8 Å². The van der Waals surface area contributed by atoms with Crippen LogP contribution < -0.4 is 0 Å². The van der Waals surface area contributed by atoms with Crippen molar-refractivity contribution >= 4 is 17.9 Å². The Bertz CT molecular complexity index is 429. The van der Waals surface area contributed by atoms with Crippen molar-refractivity contribution in [2.24, 2.45) is 5.92 Å². The number of hydrogen-bond donors (Lipinski definition) is 1. The topological polar surface area (TPSA) is 89.9 Å². The smallest absolute Gasteiger partial charge is 0.334 e. The number of esters is 2. The molecule has 0 saturated heterocycles. The Labute approximate surface area is 137 Å². The highest BCUT2D eigenvalue weighted by Crippen LogP contribution is 2.19. The summed E-state index contributed by atoms with van der Waals surface area (Å²) in [5.74, 6) is -4.07. The van der Waals surface area contributed by atoms with Gasteiger partial charge in [-0.05, 0) is 26.7 Å². The van der Waals surface area contributed by atoms with Gasteiger partial charge in [0.05, 0.1) is 24.5 Å². The van der Waals surface area contributed by atoms with Crippen molar-refractivity contribution in [1.82, 2.24) is 0 Å². The van der Waals surface area contributed by atoms with Gasteiger partial charge in [-0.15, -0.1) is 0 Å². The SMILES string of the molecule is C=C(C(=O)OC(C)CCC)C(CC(=O)OC(C)CCC)C(=O)O. The molecular formula is C17H28O6. The Morgan fingerprint density at radius 3 is 1.91 bits per heavy atom. The van der Waals surface area contributed by atoms with Crippen molar-refractivity contribution in [3.8, 4) is 0 Å². The molecule has 3 atom stereocenters. The first-order chi connectivity index (χ1) is 10.7. The van der Waals surface area contributed by atoms with E-state index in [0.717, 1.165) is 12.8 Å². The molecule has 0 aliphatic rings. The number of aliphatic carboxylic acids is 1. The lowest BCUT2D eigenvalue weighted by Crippen LogP contribution is -2.28. The highest BCUT2D eigenvalue weighted by Gasteiger charge is 2.31. The zero-order chi connectivity index (χ0) is 18.0. The summed E-state index contributed by atoms with van der Waals surface area (Å²) in [5.41, 5.74) is -0.236. The second-order valence-corrected chi connectivity index (χ2v) is 5.71. The molecule has 1 N–H and O–H groups in total. The quantitative estimate of drug-likeness (QED) is 0.463. The predicted octanol–water partition coefficient (Wildman–Crippen LogP) is 3.10. The van der Waals surface area contributed by atoms with Crippen molar-refractivity contribution in [2.45, 2.75) is 72.0 Å². The molecule has 0 aliphatic carbocycles. The third-order valence-electron chi connectivity index (χ3n) is 3.38. The van der Waals surface area contributed by atoms with Crippen LogP contribution in [0.1, 0.15) is 59.8 Å². The molecule has 0 saturated carbocycles. The third-order valence-corrected chi connectivity index (χ3v) is 3.38. The maximum atomic E-state index is 11.9. The molecule has 6 heteroatoms. The average molecular weight is 328 g/mol. The van der Waals surface area contributed by atoms with Crippen molar-refractivity contribution < 1.29 is 29.0 Å². The summed E-state index contributed by atoms with van der Waals surface area (Å²) in [6.07, 6.45) is 2.02. The van der Waals surface area contributed by atoms with Crippen molar-refractivity contribution in [1.29, 1.82) is 0 Å². The number of carbonyl (C=O) groups excluding carboxylic acids is 2. The molecule has 0 radical (unpaired) electrons. The maximum Gasteiger partial charge on any atom is 0.334 e. The molecule has 0 aliphatic heterocycles. The van der Waals surface area contributed by atoms with E-state index in [2.05, 4.69) is 6.58 Å². The standard InChI is InChI=1S/C17H28O6/c1-6-8-11(3)22-15(18)10-14(16(19)20)13(5)17(21)23-12(4)9-7-2/h11-12,14H,5-10H2,1-4H3,(H,19,20). The predicted molar refractivity (Wildman–Crippen MR) is 85.8 cm³/mol. The monoisotopic (exact) mass is 328 g/mol. The van der Waals surface area contributed by atoms with E-state index in [-0.39, 0.29) is 17.8 Å². The van der Waals surface area contributed by atoms with E-state index in [9.17, 15) is 19.5 Å². The molecule has 0 amide bonds. The molecule has 0 heterocycles. The zero-order valence-corrected chi connectivity index (χ0v) is 14.5. The van der Waals surface area contributed by atoms with Crippen LogP contribution >= 0.6 is 0 Å². The van der Waals surface area contributed by atoms with Crippen LogP contribution in [0.3, 0.4) is 0 Å². The molecule has 132 valence electrons. The molecule has 0 aromatic rings. The molecule has 3 unspecified atom stereocenters. The number of rotatable bonds is 11. The molecule has 23 heavy (non-hydrogen) atoms. The fourth-order valence-electron chi connectivity index (χ4n) is 2.13. The molecular weight excluding hydrogens is 300 g/mol. The molecule has 0 rings (SSSR count). The number of carbonyl (C=O) groups is 3. The lowest BCUT2D eigenvalue weighted by Gasteiger charge is -2.18. The number of hydrogen-bond acceptors (Lipinski definition) is 5. The highest BCUT2D eigenvalue weighted by molar-refractivity contribution is 5.96. The van der Waals surface area contributed by atoms with Gasteiger partial charge < -0.3 is 14.6 Å². The van der Waals surface area contributed by atoms with Crippen LogP contribution in [0, 0.1) is 5.92 Å². The third kappa shape index (κ3) is 8.38. The summed E-state index contributed by atoms with van der Waals surface area (Å²) >= 11 is 0. The summed E-state index contributed by atoms with van der Waals surface area (Å²) in [6.45, 7) is 10.9. The summed E-state index contributed by atoms with van der Waals surface area (Å²) in [5, 5.41) is 9.24. The van der Waals surface area contributed by atoms with Gasteiger partial charge >= 0.3 is 17.9 Å². The first-order valence-corrected chi connectivity index (χ1v) is 8.04. The van der Waals surface area contributed by atoms with Gasteiger partial charge in [0.2, 0.25) is 0 Å². The fourth-order valence-corrected chi connectivity index (χ4v) is 2.13. The summed E-state index contributed by atoms with van der Waals surface area (Å²) in [6, 6.07) is 0. The number of carboxylic acids is 1. The minimum Gasteiger partial charge on any atom is -0.481 e. The number of carboxylic acid groups (broad SMARTS) is 1. The van der Waals surface area contributed by atoms with E-state index >= 15 is 0 Å². The van der Waals surface area contributed by atoms with Gasteiger partial charge in [-0.1, -0.05) is 33.3 Å². The van der Waals surface area contributed by atoms with Crippen LogP contribution in [-0.4, -0.2) is 35.2 Å². The zero-order valence-electron chi connectivity index (χ0n) is 14.5. The lowest BCUT2D eigenvalue weighted by atomic mass is 9.97. The van der Waals surface area contributed by atoms with Crippen LogP contribution in [0.2, 0.25) is 0 Å². The van der Waals surface area contributed by atoms with E-state index in [1.54, 1.807) is 13.8 Å². The van der Waals surface area contributed by atoms with Crippen LogP contribution in [0.4, 0.5) is 0 Å². The fraction of sp³-hybridized carbons (Fsp3) is 0.706. The van der Waals surface area contributed by atoms with Gasteiger partial charge in [0.1, 0.15) is 0 Å². The van der Waals surface area contributed by atoms with Crippen molar-refractivity contribution in [3.05, 3.63) is 12.2 Å². The molecule has 0 bridgehead atoms. The second kappa shape index (κ2) is 10.8. The molecule has 0 fully saturated rings. The van der Waals surface area contributed by atoms with Crippen molar-refractivity contribution in [2.75, 3.05) is 0 Å². The largest absolute Gasteiger partial charge is 0.481 e. The minimum atomic E-state index is -1.34. The first kappa shape index (κ1) is 21.1. The van der Waals surface area contributed by atoms with Crippen LogP contribution in [-0.2, 0) is 23.9 Å². The van der Waals surface area contributed by atoms with E-state index in [1.807, 2.05) is 13.8 Å². The molecule has 0 spiro atoms. The lowest BCUT2D eigenvalue weighted by molar-refractivity contribution is -0.155. The minimum absolute atomic E-state index is 0.236. The van der Waals surface area contributed by atoms with Crippen LogP contribution in [0.5, 0.6) is 0 Å². The van der Waals surface area contributed by atoms with Gasteiger partial charge in [-0.3, -0.25) is 9.59 Å². The van der Waals surface area contributed by atoms with E-state index in [1.165, 1.54) is 0 Å². The summed E-state index contributed by atoms with van der Waals surface area (Å²) in [7, 11) is 0. The Balaban J connectivity index is 4.71. The average Bonchev–Trinajstić information content (AvgIpc) is 2.43. The first-order valence-electron chi connectivity index (χ1n) is 8.04. The Morgan fingerprint density at radius 2 is 1.48 bits per heavy atom. The van der Waals surface area contributed by atoms with Crippen LogP contribution in [0.15, 0.2) is 12.2 Å². The van der Waals surface area contributed by atoms with Gasteiger partial charge in [0, 0.05) is 5.57 Å². The normalized spacial score (nSPS) is 14.4. The van der Waals surface area contributed by atoms with Gasteiger partial charge in [0.25, 0.3) is 0 Å². The van der Waals surface area contributed by atoms with Gasteiger partial charge in [-0.2, -0.15) is 0 Å². The molecule has 6 nitrogen and oxygen atoms in total. The number of ether oxygens (including phenoxy) is 2. The Morgan fingerprint density at radius 1 is 1.00 bits per heavy atom. The van der Waals surface area contributed by atoms with E-state index < -0.39 is 30.2 Å². The summed E-state index contributed by atoms with van der Waals surface area (Å²) < 4.78 is 10.3. The highest BCUT2D eigenvalue weighted by atomic mass is 16.5. The van der Waals surface area contributed by atoms with Gasteiger partial charge in [-0.25, -0.2) is 4.79 Å². The molecule has 0 aromatic carbocycles. The van der Waals surface area contributed by atoms with Gasteiger partial charge in [0.15, 0.2) is 0 Å². The second-order valence-electron chi connectivity index (χ2n) is 5.71. The Kier molecular flexibility index (Phi) is 9.94.